The molecule has 0 bridgehead atoms. The Morgan fingerprint density at radius 1 is 1.53 bits per heavy atom. The first kappa shape index (κ1) is 14.1. The first-order valence-corrected chi connectivity index (χ1v) is 7.83. The van der Waals surface area contributed by atoms with Crippen molar-refractivity contribution in [2.24, 2.45) is 5.14 Å². The van der Waals surface area contributed by atoms with Crippen molar-refractivity contribution in [2.75, 3.05) is 6.54 Å². The summed E-state index contributed by atoms with van der Waals surface area (Å²) >= 11 is 0. The minimum atomic E-state index is -3.85. The Bertz CT molecular complexity index is 587. The predicted octanol–water partition coefficient (Wildman–Crippen LogP) is 1.25. The van der Waals surface area contributed by atoms with Crippen molar-refractivity contribution in [3.8, 4) is 0 Å². The molecule has 1 aromatic rings. The number of aryl methyl sites for hydroxylation is 1. The van der Waals surface area contributed by atoms with Gasteiger partial charge in [0.25, 0.3) is 5.91 Å². The fourth-order valence-electron chi connectivity index (χ4n) is 2.07. The number of amides is 1. The first-order valence-electron chi connectivity index (χ1n) is 6.28. The van der Waals surface area contributed by atoms with E-state index in [0.29, 0.717) is 6.54 Å². The SMILES string of the molecule is CCCN(C(=O)c1cc(S(N)(=O)=O)c(C)o1)C1CC1. The zero-order valence-electron chi connectivity index (χ0n) is 11.0. The second kappa shape index (κ2) is 4.97. The highest BCUT2D eigenvalue weighted by atomic mass is 32.2. The number of primary sulfonamides is 1. The average Bonchev–Trinajstić information content (AvgIpc) is 3.06. The van der Waals surface area contributed by atoms with Crippen molar-refractivity contribution in [3.63, 3.8) is 0 Å². The number of sulfonamides is 1. The molecule has 0 spiro atoms. The van der Waals surface area contributed by atoms with Crippen LogP contribution in [0.2, 0.25) is 0 Å². The molecule has 1 aliphatic carbocycles. The smallest absolute Gasteiger partial charge is 0.289 e. The Labute approximate surface area is 112 Å². The molecule has 1 saturated carbocycles. The van der Waals surface area contributed by atoms with E-state index in [-0.39, 0.29) is 28.4 Å². The van der Waals surface area contributed by atoms with E-state index in [4.69, 9.17) is 9.56 Å². The largest absolute Gasteiger partial charge is 0.455 e. The highest BCUT2D eigenvalue weighted by Crippen LogP contribution is 2.29. The van der Waals surface area contributed by atoms with Gasteiger partial charge in [0.05, 0.1) is 0 Å². The summed E-state index contributed by atoms with van der Waals surface area (Å²) in [4.78, 5) is 13.9. The number of hydrogen-bond donors (Lipinski definition) is 1. The number of furan rings is 1. The second-order valence-electron chi connectivity index (χ2n) is 4.81. The van der Waals surface area contributed by atoms with Crippen LogP contribution in [0.1, 0.15) is 42.5 Å². The van der Waals surface area contributed by atoms with Crippen molar-refractivity contribution in [2.45, 2.75) is 44.0 Å². The van der Waals surface area contributed by atoms with Gasteiger partial charge in [-0.2, -0.15) is 0 Å². The van der Waals surface area contributed by atoms with E-state index in [0.717, 1.165) is 19.3 Å². The van der Waals surface area contributed by atoms with Crippen molar-refractivity contribution < 1.29 is 17.6 Å². The van der Waals surface area contributed by atoms with Gasteiger partial charge in [-0.3, -0.25) is 4.79 Å². The zero-order valence-corrected chi connectivity index (χ0v) is 11.9. The van der Waals surface area contributed by atoms with Crippen molar-refractivity contribution in [3.05, 3.63) is 17.6 Å². The molecule has 0 saturated heterocycles. The molecule has 1 amide bonds. The summed E-state index contributed by atoms with van der Waals surface area (Å²) in [6, 6.07) is 1.48. The lowest BCUT2D eigenvalue weighted by Crippen LogP contribution is -2.33. The average molecular weight is 286 g/mol. The Hall–Kier alpha value is -1.34. The normalized spacial score (nSPS) is 15.5. The molecule has 0 radical (unpaired) electrons. The maximum absolute atomic E-state index is 12.3. The lowest BCUT2D eigenvalue weighted by Gasteiger charge is -2.20. The number of nitrogens with zero attached hydrogens (tertiary/aromatic N) is 1. The van der Waals surface area contributed by atoms with Gasteiger partial charge in [-0.1, -0.05) is 6.92 Å². The number of nitrogens with two attached hydrogens (primary N) is 1. The van der Waals surface area contributed by atoms with E-state index in [1.165, 1.54) is 13.0 Å². The quantitative estimate of drug-likeness (QED) is 0.881. The predicted molar refractivity (Wildman–Crippen MR) is 69.2 cm³/mol. The summed E-state index contributed by atoms with van der Waals surface area (Å²) < 4.78 is 27.9. The van der Waals surface area contributed by atoms with E-state index in [1.54, 1.807) is 4.90 Å². The molecule has 1 aromatic heterocycles. The van der Waals surface area contributed by atoms with Crippen molar-refractivity contribution >= 4 is 15.9 Å². The molecule has 6 nitrogen and oxygen atoms in total. The summed E-state index contributed by atoms with van der Waals surface area (Å²) in [7, 11) is -3.85. The van der Waals surface area contributed by atoms with E-state index in [9.17, 15) is 13.2 Å². The summed E-state index contributed by atoms with van der Waals surface area (Å²) in [5.41, 5.74) is 0. The van der Waals surface area contributed by atoms with Crippen LogP contribution in [0.3, 0.4) is 0 Å². The van der Waals surface area contributed by atoms with Gasteiger partial charge in [0.2, 0.25) is 10.0 Å². The van der Waals surface area contributed by atoms with Crippen LogP contribution in [-0.2, 0) is 10.0 Å². The number of hydrogen-bond acceptors (Lipinski definition) is 4. The van der Waals surface area contributed by atoms with Crippen LogP contribution in [-0.4, -0.2) is 31.8 Å². The zero-order chi connectivity index (χ0) is 14.2. The molecule has 19 heavy (non-hydrogen) atoms. The van der Waals surface area contributed by atoms with Gasteiger partial charge in [-0.05, 0) is 26.2 Å². The molecule has 2 N–H and O–H groups in total. The second-order valence-corrected chi connectivity index (χ2v) is 6.34. The topological polar surface area (TPSA) is 93.6 Å². The van der Waals surface area contributed by atoms with Crippen LogP contribution < -0.4 is 5.14 Å². The molecule has 0 atom stereocenters. The van der Waals surface area contributed by atoms with Gasteiger partial charge in [0.1, 0.15) is 10.7 Å². The molecule has 1 heterocycles. The Kier molecular flexibility index (Phi) is 3.69. The standard InChI is InChI=1S/C12H18N2O4S/c1-3-6-14(9-4-5-9)12(15)10-7-11(8(2)18-10)19(13,16)17/h7,9H,3-6H2,1-2H3,(H2,13,16,17). The Balaban J connectivity index is 2.28. The van der Waals surface area contributed by atoms with Crippen molar-refractivity contribution in [1.29, 1.82) is 0 Å². The minimum absolute atomic E-state index is 0.0434. The van der Waals surface area contributed by atoms with Crippen LogP contribution in [0.5, 0.6) is 0 Å². The van der Waals surface area contributed by atoms with E-state index < -0.39 is 10.0 Å². The molecule has 0 aromatic carbocycles. The van der Waals surface area contributed by atoms with Crippen LogP contribution in [0.4, 0.5) is 0 Å². The third kappa shape index (κ3) is 2.98. The minimum Gasteiger partial charge on any atom is -0.455 e. The summed E-state index contributed by atoms with van der Waals surface area (Å²) in [6.07, 6.45) is 2.84. The van der Waals surface area contributed by atoms with Gasteiger partial charge in [-0.15, -0.1) is 0 Å². The summed E-state index contributed by atoms with van der Waals surface area (Å²) in [5.74, 6) is -0.0673. The Morgan fingerprint density at radius 2 is 2.16 bits per heavy atom. The van der Waals surface area contributed by atoms with E-state index in [1.807, 2.05) is 6.92 Å². The van der Waals surface area contributed by atoms with Gasteiger partial charge in [0.15, 0.2) is 5.76 Å². The highest BCUT2D eigenvalue weighted by Gasteiger charge is 2.34. The van der Waals surface area contributed by atoms with Crippen LogP contribution in [0.15, 0.2) is 15.4 Å². The van der Waals surface area contributed by atoms with Crippen LogP contribution in [0, 0.1) is 6.92 Å². The highest BCUT2D eigenvalue weighted by molar-refractivity contribution is 7.89. The van der Waals surface area contributed by atoms with Gasteiger partial charge < -0.3 is 9.32 Å². The molecule has 2 rings (SSSR count). The summed E-state index contributed by atoms with van der Waals surface area (Å²) in [6.45, 7) is 4.12. The van der Waals surface area contributed by atoms with Gasteiger partial charge >= 0.3 is 0 Å². The third-order valence-corrected chi connectivity index (χ3v) is 4.12. The number of carbonyl (C=O) groups excluding carboxylic acids is 1. The first-order chi connectivity index (χ1) is 8.84. The molecule has 106 valence electrons. The molecule has 0 unspecified atom stereocenters. The van der Waals surface area contributed by atoms with Crippen LogP contribution >= 0.6 is 0 Å². The number of carbonyl (C=O) groups is 1. The Morgan fingerprint density at radius 3 is 2.58 bits per heavy atom. The maximum Gasteiger partial charge on any atom is 0.289 e. The maximum atomic E-state index is 12.3. The van der Waals surface area contributed by atoms with Gasteiger partial charge in [-0.25, -0.2) is 13.6 Å². The molecule has 0 aliphatic heterocycles. The molecule has 7 heteroatoms. The molecule has 1 fully saturated rings. The monoisotopic (exact) mass is 286 g/mol. The molecular weight excluding hydrogens is 268 g/mol. The van der Waals surface area contributed by atoms with Crippen LogP contribution in [0.25, 0.3) is 0 Å². The fraction of sp³-hybridized carbons (Fsp3) is 0.583. The molecule has 1 aliphatic rings. The van der Waals surface area contributed by atoms with E-state index >= 15 is 0 Å². The lowest BCUT2D eigenvalue weighted by atomic mass is 10.3. The fourth-order valence-corrected chi connectivity index (χ4v) is 2.79. The number of rotatable bonds is 5. The van der Waals surface area contributed by atoms with Gasteiger partial charge in [0, 0.05) is 18.7 Å². The summed E-state index contributed by atoms with van der Waals surface area (Å²) in [5, 5.41) is 5.07. The molecular formula is C12H18N2O4S. The van der Waals surface area contributed by atoms with Crippen molar-refractivity contribution in [1.82, 2.24) is 4.90 Å². The third-order valence-electron chi connectivity index (χ3n) is 3.10. The lowest BCUT2D eigenvalue weighted by molar-refractivity contribution is 0.0709. The van der Waals surface area contributed by atoms with E-state index in [2.05, 4.69) is 0 Å².